The van der Waals surface area contributed by atoms with Gasteiger partial charge in [-0.25, -0.2) is 9.59 Å². The fraction of sp³-hybridized carbons (Fsp3) is 0.423. The molecule has 176 valence electrons. The molecule has 0 saturated heterocycles. The van der Waals surface area contributed by atoms with Crippen LogP contribution in [0.1, 0.15) is 57.6 Å². The number of carboxylic acid groups (broad SMARTS) is 1. The molecule has 0 heterocycles. The maximum atomic E-state index is 12.8. The van der Waals surface area contributed by atoms with E-state index in [1.165, 1.54) is 6.92 Å². The Morgan fingerprint density at radius 2 is 1.58 bits per heavy atom. The molecule has 0 spiro atoms. The molecule has 0 bridgehead atoms. The van der Waals surface area contributed by atoms with Gasteiger partial charge in [-0.2, -0.15) is 0 Å². The summed E-state index contributed by atoms with van der Waals surface area (Å²) in [6, 6.07) is 15.2. The van der Waals surface area contributed by atoms with Gasteiger partial charge in [-0.15, -0.1) is 0 Å². The van der Waals surface area contributed by atoms with Crippen molar-refractivity contribution in [3.8, 4) is 11.1 Å². The highest BCUT2D eigenvalue weighted by Gasteiger charge is 2.36. The Balaban J connectivity index is 1.69. The molecule has 0 fully saturated rings. The number of hydrogen-bond donors (Lipinski definition) is 3. The quantitative estimate of drug-likeness (QED) is 0.526. The first-order chi connectivity index (χ1) is 15.7. The average molecular weight is 453 g/mol. The Bertz CT molecular complexity index is 989. The number of carbonyl (C=O) groups excluding carboxylic acids is 2. The fourth-order valence-electron chi connectivity index (χ4n) is 4.14. The number of aliphatic carboxylic acids is 1. The Hall–Kier alpha value is -3.35. The van der Waals surface area contributed by atoms with Gasteiger partial charge in [0.15, 0.2) is 0 Å². The molecule has 0 radical (unpaired) electrons. The van der Waals surface area contributed by atoms with Gasteiger partial charge < -0.3 is 20.5 Å². The Morgan fingerprint density at radius 1 is 1.03 bits per heavy atom. The molecule has 1 aliphatic carbocycles. The van der Waals surface area contributed by atoms with Crippen LogP contribution in [-0.2, 0) is 14.3 Å². The van der Waals surface area contributed by atoms with E-state index >= 15 is 0 Å². The molecule has 0 aromatic heterocycles. The smallest absolute Gasteiger partial charge is 0.407 e. The lowest BCUT2D eigenvalue weighted by Gasteiger charge is -2.28. The second-order valence-corrected chi connectivity index (χ2v) is 9.13. The summed E-state index contributed by atoms with van der Waals surface area (Å²) in [5.74, 6) is -1.64. The average Bonchev–Trinajstić information content (AvgIpc) is 3.10. The molecular weight excluding hydrogens is 420 g/mol. The lowest BCUT2D eigenvalue weighted by molar-refractivity contribution is -0.147. The van der Waals surface area contributed by atoms with E-state index in [0.717, 1.165) is 22.3 Å². The number of ether oxygens (including phenoxy) is 1. The van der Waals surface area contributed by atoms with Crippen molar-refractivity contribution in [2.24, 2.45) is 5.92 Å². The van der Waals surface area contributed by atoms with E-state index in [1.54, 1.807) is 6.92 Å². The van der Waals surface area contributed by atoms with Crippen LogP contribution in [0.4, 0.5) is 4.79 Å². The summed E-state index contributed by atoms with van der Waals surface area (Å²) in [4.78, 5) is 37.1. The Morgan fingerprint density at radius 3 is 2.06 bits per heavy atom. The molecule has 1 unspecified atom stereocenters. The molecule has 2 aromatic rings. The molecule has 7 heteroatoms. The Labute approximate surface area is 194 Å². The van der Waals surface area contributed by atoms with Gasteiger partial charge in [0.05, 0.1) is 0 Å². The second-order valence-electron chi connectivity index (χ2n) is 9.13. The minimum atomic E-state index is -1.41. The van der Waals surface area contributed by atoms with Crippen molar-refractivity contribution >= 4 is 18.0 Å². The largest absolute Gasteiger partial charge is 0.480 e. The lowest BCUT2D eigenvalue weighted by atomic mass is 9.97. The molecule has 2 aromatic carbocycles. The molecule has 0 aliphatic heterocycles. The number of carboxylic acids is 1. The van der Waals surface area contributed by atoms with Crippen LogP contribution in [0.15, 0.2) is 48.5 Å². The first-order valence-electron chi connectivity index (χ1n) is 11.3. The van der Waals surface area contributed by atoms with Crippen LogP contribution in [0.3, 0.4) is 0 Å². The normalized spacial score (nSPS) is 15.2. The van der Waals surface area contributed by atoms with Crippen LogP contribution in [-0.4, -0.2) is 41.3 Å². The zero-order valence-electron chi connectivity index (χ0n) is 19.6. The number of alkyl carbamates (subject to hydrolysis) is 1. The SMILES string of the molecule is CCC(C)(NC(=O)[C@@H](CC(C)C)NC(=O)OCC1c2ccccc2-c2ccccc21)C(=O)O. The predicted molar refractivity (Wildman–Crippen MR) is 126 cm³/mol. The molecule has 0 saturated carbocycles. The zero-order valence-corrected chi connectivity index (χ0v) is 19.6. The van der Waals surface area contributed by atoms with Crippen LogP contribution >= 0.6 is 0 Å². The highest BCUT2D eigenvalue weighted by atomic mass is 16.5. The predicted octanol–water partition coefficient (Wildman–Crippen LogP) is 4.31. The molecule has 3 N–H and O–H groups in total. The van der Waals surface area contributed by atoms with Gasteiger partial charge in [0, 0.05) is 5.92 Å². The maximum absolute atomic E-state index is 12.8. The summed E-state index contributed by atoms with van der Waals surface area (Å²) in [5, 5.41) is 14.7. The number of fused-ring (bicyclic) bond motifs is 3. The van der Waals surface area contributed by atoms with Crippen molar-refractivity contribution < 1.29 is 24.2 Å². The van der Waals surface area contributed by atoms with E-state index in [2.05, 4.69) is 22.8 Å². The molecule has 3 rings (SSSR count). The van der Waals surface area contributed by atoms with Crippen molar-refractivity contribution in [1.29, 1.82) is 0 Å². The number of amides is 2. The molecule has 7 nitrogen and oxygen atoms in total. The van der Waals surface area contributed by atoms with Gasteiger partial charge in [-0.1, -0.05) is 69.3 Å². The van der Waals surface area contributed by atoms with Gasteiger partial charge >= 0.3 is 12.1 Å². The minimum absolute atomic E-state index is 0.0871. The number of benzene rings is 2. The number of nitrogens with one attached hydrogen (secondary N) is 2. The van der Waals surface area contributed by atoms with Crippen molar-refractivity contribution in [1.82, 2.24) is 10.6 Å². The third-order valence-corrected chi connectivity index (χ3v) is 6.24. The van der Waals surface area contributed by atoms with Crippen molar-refractivity contribution in [3.63, 3.8) is 0 Å². The third-order valence-electron chi connectivity index (χ3n) is 6.24. The second kappa shape index (κ2) is 10.1. The van der Waals surface area contributed by atoms with E-state index in [4.69, 9.17) is 4.74 Å². The number of rotatable bonds is 9. The van der Waals surface area contributed by atoms with Crippen molar-refractivity contribution in [2.75, 3.05) is 6.61 Å². The van der Waals surface area contributed by atoms with E-state index in [1.807, 2.05) is 50.2 Å². The van der Waals surface area contributed by atoms with Gasteiger partial charge in [-0.3, -0.25) is 4.79 Å². The number of hydrogen-bond acceptors (Lipinski definition) is 4. The monoisotopic (exact) mass is 452 g/mol. The lowest BCUT2D eigenvalue weighted by Crippen LogP contribution is -2.57. The molecule has 1 aliphatic rings. The third kappa shape index (κ3) is 5.35. The van der Waals surface area contributed by atoms with E-state index < -0.39 is 29.6 Å². The van der Waals surface area contributed by atoms with Crippen LogP contribution < -0.4 is 10.6 Å². The molecular formula is C26H32N2O5. The van der Waals surface area contributed by atoms with Crippen LogP contribution in [0.2, 0.25) is 0 Å². The fourth-order valence-corrected chi connectivity index (χ4v) is 4.14. The van der Waals surface area contributed by atoms with Gasteiger partial charge in [-0.05, 0) is 47.9 Å². The van der Waals surface area contributed by atoms with Crippen LogP contribution in [0, 0.1) is 5.92 Å². The highest BCUT2D eigenvalue weighted by molar-refractivity contribution is 5.91. The van der Waals surface area contributed by atoms with Gasteiger partial charge in [0.2, 0.25) is 5.91 Å². The molecule has 33 heavy (non-hydrogen) atoms. The molecule has 2 amide bonds. The summed E-state index contributed by atoms with van der Waals surface area (Å²) in [6.07, 6.45) is -0.130. The van der Waals surface area contributed by atoms with E-state index in [-0.39, 0.29) is 24.9 Å². The van der Waals surface area contributed by atoms with Gasteiger partial charge in [0.1, 0.15) is 18.2 Å². The first-order valence-corrected chi connectivity index (χ1v) is 11.3. The topological polar surface area (TPSA) is 105 Å². The summed E-state index contributed by atoms with van der Waals surface area (Å²) in [7, 11) is 0. The first kappa shape index (κ1) is 24.3. The van der Waals surface area contributed by atoms with E-state index in [9.17, 15) is 19.5 Å². The highest BCUT2D eigenvalue weighted by Crippen LogP contribution is 2.44. The maximum Gasteiger partial charge on any atom is 0.407 e. The Kier molecular flexibility index (Phi) is 7.41. The summed E-state index contributed by atoms with van der Waals surface area (Å²) in [6.45, 7) is 7.13. The van der Waals surface area contributed by atoms with Crippen LogP contribution in [0.25, 0.3) is 11.1 Å². The molecule has 2 atom stereocenters. The van der Waals surface area contributed by atoms with Crippen molar-refractivity contribution in [2.45, 2.75) is 58.0 Å². The summed E-state index contributed by atoms with van der Waals surface area (Å²) >= 11 is 0. The van der Waals surface area contributed by atoms with Gasteiger partial charge in [0.25, 0.3) is 0 Å². The summed E-state index contributed by atoms with van der Waals surface area (Å²) in [5.41, 5.74) is 3.06. The van der Waals surface area contributed by atoms with Crippen molar-refractivity contribution in [3.05, 3.63) is 59.7 Å². The zero-order chi connectivity index (χ0) is 24.2. The standard InChI is InChI=1S/C26H32N2O5/c1-5-26(4,24(30)31)28-23(29)22(14-16(2)3)27-25(32)33-15-21-19-12-8-6-10-17(19)18-11-7-9-13-20(18)21/h6-13,16,21-22H,5,14-15H2,1-4H3,(H,27,32)(H,28,29)(H,30,31)/t22-,26?/m1/s1. The van der Waals surface area contributed by atoms with Crippen LogP contribution in [0.5, 0.6) is 0 Å². The van der Waals surface area contributed by atoms with E-state index in [0.29, 0.717) is 6.42 Å². The number of carbonyl (C=O) groups is 3. The minimum Gasteiger partial charge on any atom is -0.480 e. The summed E-state index contributed by atoms with van der Waals surface area (Å²) < 4.78 is 5.56.